The van der Waals surface area contributed by atoms with Crippen LogP contribution in [0.2, 0.25) is 0 Å². The van der Waals surface area contributed by atoms with E-state index in [4.69, 9.17) is 9.26 Å². The summed E-state index contributed by atoms with van der Waals surface area (Å²) in [5.74, 6) is 1.18. The van der Waals surface area contributed by atoms with Gasteiger partial charge in [-0.15, -0.1) is 0 Å². The summed E-state index contributed by atoms with van der Waals surface area (Å²) in [4.78, 5) is 18.4. The second kappa shape index (κ2) is 4.72. The standard InChI is InChI=1S/C13H13N3O3/c1-18-12-3-2-10-11(15-12)5-7-16(13(10)17)8-9-4-6-14-19-9/h2-4,6H,5,7-8H2,1H3. The van der Waals surface area contributed by atoms with E-state index in [-0.39, 0.29) is 5.91 Å². The number of aromatic nitrogens is 2. The summed E-state index contributed by atoms with van der Waals surface area (Å²) >= 11 is 0. The molecule has 19 heavy (non-hydrogen) atoms. The molecule has 3 heterocycles. The average molecular weight is 259 g/mol. The number of nitrogens with zero attached hydrogens (tertiary/aromatic N) is 3. The summed E-state index contributed by atoms with van der Waals surface area (Å²) in [5, 5.41) is 3.64. The minimum atomic E-state index is -0.0344. The van der Waals surface area contributed by atoms with Crippen LogP contribution < -0.4 is 4.74 Å². The molecule has 0 saturated carbocycles. The first-order chi connectivity index (χ1) is 9.28. The second-order valence-electron chi connectivity index (χ2n) is 4.30. The number of rotatable bonds is 3. The van der Waals surface area contributed by atoms with Crippen molar-refractivity contribution >= 4 is 5.91 Å². The molecule has 3 rings (SSSR count). The number of methoxy groups -OCH3 is 1. The number of carbonyl (C=O) groups excluding carboxylic acids is 1. The van der Waals surface area contributed by atoms with E-state index in [2.05, 4.69) is 10.1 Å². The van der Waals surface area contributed by atoms with Crippen molar-refractivity contribution in [1.82, 2.24) is 15.0 Å². The van der Waals surface area contributed by atoms with Crippen molar-refractivity contribution < 1.29 is 14.1 Å². The normalized spacial score (nSPS) is 14.4. The molecule has 6 heteroatoms. The fourth-order valence-corrected chi connectivity index (χ4v) is 2.16. The van der Waals surface area contributed by atoms with E-state index in [0.29, 0.717) is 36.7 Å². The maximum absolute atomic E-state index is 12.3. The van der Waals surface area contributed by atoms with Gasteiger partial charge < -0.3 is 14.2 Å². The van der Waals surface area contributed by atoms with Crippen LogP contribution in [0, 0.1) is 0 Å². The van der Waals surface area contributed by atoms with Gasteiger partial charge in [0.05, 0.1) is 31.1 Å². The second-order valence-corrected chi connectivity index (χ2v) is 4.30. The van der Waals surface area contributed by atoms with E-state index in [1.165, 1.54) is 0 Å². The molecule has 1 aliphatic rings. The van der Waals surface area contributed by atoms with Crippen LogP contribution in [0.1, 0.15) is 21.8 Å². The number of amides is 1. The highest BCUT2D eigenvalue weighted by molar-refractivity contribution is 5.96. The maximum Gasteiger partial charge on any atom is 0.256 e. The zero-order valence-electron chi connectivity index (χ0n) is 10.5. The Morgan fingerprint density at radius 2 is 2.32 bits per heavy atom. The molecule has 2 aromatic rings. The summed E-state index contributed by atoms with van der Waals surface area (Å²) in [6.07, 6.45) is 2.29. The molecule has 1 aliphatic heterocycles. The lowest BCUT2D eigenvalue weighted by molar-refractivity contribution is 0.0709. The molecule has 1 amide bonds. The number of hydrogen-bond donors (Lipinski definition) is 0. The van der Waals surface area contributed by atoms with Crippen LogP contribution in [0.4, 0.5) is 0 Å². The molecule has 0 N–H and O–H groups in total. The number of ether oxygens (including phenoxy) is 1. The molecule has 0 unspecified atom stereocenters. The fourth-order valence-electron chi connectivity index (χ4n) is 2.16. The van der Waals surface area contributed by atoms with Crippen LogP contribution in [0.5, 0.6) is 5.88 Å². The molecule has 0 radical (unpaired) electrons. The Kier molecular flexibility index (Phi) is 2.91. The number of fused-ring (bicyclic) bond motifs is 1. The van der Waals surface area contributed by atoms with Crippen LogP contribution in [-0.2, 0) is 13.0 Å². The third kappa shape index (κ3) is 2.16. The lowest BCUT2D eigenvalue weighted by atomic mass is 10.0. The lowest BCUT2D eigenvalue weighted by Crippen LogP contribution is -2.37. The minimum absolute atomic E-state index is 0.0344. The average Bonchev–Trinajstić information content (AvgIpc) is 2.94. The van der Waals surface area contributed by atoms with Gasteiger partial charge in [-0.25, -0.2) is 4.98 Å². The van der Waals surface area contributed by atoms with Crippen molar-refractivity contribution in [3.05, 3.63) is 41.4 Å². The molecule has 0 saturated heterocycles. The highest BCUT2D eigenvalue weighted by Crippen LogP contribution is 2.21. The lowest BCUT2D eigenvalue weighted by Gasteiger charge is -2.27. The van der Waals surface area contributed by atoms with Crippen molar-refractivity contribution in [3.63, 3.8) is 0 Å². The van der Waals surface area contributed by atoms with Crippen molar-refractivity contribution in [2.45, 2.75) is 13.0 Å². The van der Waals surface area contributed by atoms with Gasteiger partial charge in [-0.1, -0.05) is 5.16 Å². The highest BCUT2D eigenvalue weighted by Gasteiger charge is 2.26. The summed E-state index contributed by atoms with van der Waals surface area (Å²) in [7, 11) is 1.57. The maximum atomic E-state index is 12.3. The predicted molar refractivity (Wildman–Crippen MR) is 65.7 cm³/mol. The molecule has 0 atom stereocenters. The van der Waals surface area contributed by atoms with E-state index < -0.39 is 0 Å². The Morgan fingerprint density at radius 3 is 3.05 bits per heavy atom. The van der Waals surface area contributed by atoms with Crippen LogP contribution in [0.3, 0.4) is 0 Å². The molecule has 6 nitrogen and oxygen atoms in total. The monoisotopic (exact) mass is 259 g/mol. The van der Waals surface area contributed by atoms with Gasteiger partial charge in [0.2, 0.25) is 5.88 Å². The number of carbonyl (C=O) groups is 1. The van der Waals surface area contributed by atoms with E-state index >= 15 is 0 Å². The van der Waals surface area contributed by atoms with Crippen LogP contribution in [0.15, 0.2) is 28.9 Å². The van der Waals surface area contributed by atoms with Gasteiger partial charge in [-0.2, -0.15) is 0 Å². The van der Waals surface area contributed by atoms with Crippen molar-refractivity contribution in [2.24, 2.45) is 0 Å². The first kappa shape index (κ1) is 11.7. The molecule has 0 bridgehead atoms. The van der Waals surface area contributed by atoms with Gasteiger partial charge in [-0.3, -0.25) is 4.79 Å². The Morgan fingerprint density at radius 1 is 1.42 bits per heavy atom. The summed E-state index contributed by atoms with van der Waals surface area (Å²) in [6, 6.07) is 5.22. The molecule has 0 aliphatic carbocycles. The van der Waals surface area contributed by atoms with Gasteiger partial charge in [0.25, 0.3) is 5.91 Å². The molecular formula is C13H13N3O3. The third-order valence-corrected chi connectivity index (χ3v) is 3.13. The number of pyridine rings is 1. The van der Waals surface area contributed by atoms with Gasteiger partial charge in [0.1, 0.15) is 0 Å². The Hall–Kier alpha value is -2.37. The van der Waals surface area contributed by atoms with Gasteiger partial charge in [0.15, 0.2) is 5.76 Å². The molecule has 0 fully saturated rings. The third-order valence-electron chi connectivity index (χ3n) is 3.13. The molecule has 2 aromatic heterocycles. The molecule has 0 spiro atoms. The Balaban J connectivity index is 1.83. The first-order valence-corrected chi connectivity index (χ1v) is 6.00. The van der Waals surface area contributed by atoms with Crippen LogP contribution >= 0.6 is 0 Å². The van der Waals surface area contributed by atoms with Gasteiger partial charge >= 0.3 is 0 Å². The summed E-state index contributed by atoms with van der Waals surface area (Å²) < 4.78 is 10.1. The summed E-state index contributed by atoms with van der Waals surface area (Å²) in [6.45, 7) is 1.05. The largest absolute Gasteiger partial charge is 0.481 e. The molecule has 98 valence electrons. The van der Waals surface area contributed by atoms with E-state index in [9.17, 15) is 4.79 Å². The fraction of sp³-hybridized carbons (Fsp3) is 0.308. The summed E-state index contributed by atoms with van der Waals surface area (Å²) in [5.41, 5.74) is 1.42. The van der Waals surface area contributed by atoms with Crippen molar-refractivity contribution in [1.29, 1.82) is 0 Å². The Labute approximate surface area is 110 Å². The molecule has 0 aromatic carbocycles. The highest BCUT2D eigenvalue weighted by atomic mass is 16.5. The minimum Gasteiger partial charge on any atom is -0.481 e. The van der Waals surface area contributed by atoms with Crippen molar-refractivity contribution in [3.8, 4) is 5.88 Å². The Bertz CT molecular complexity index is 595. The van der Waals surface area contributed by atoms with Gasteiger partial charge in [-0.05, 0) is 6.07 Å². The topological polar surface area (TPSA) is 68.5 Å². The zero-order chi connectivity index (χ0) is 13.2. The SMILES string of the molecule is COc1ccc2c(n1)CCN(Cc1ccno1)C2=O. The van der Waals surface area contributed by atoms with Crippen molar-refractivity contribution in [2.75, 3.05) is 13.7 Å². The molecular weight excluding hydrogens is 246 g/mol. The van der Waals surface area contributed by atoms with E-state index in [1.54, 1.807) is 36.4 Å². The smallest absolute Gasteiger partial charge is 0.256 e. The van der Waals surface area contributed by atoms with Crippen LogP contribution in [0.25, 0.3) is 0 Å². The van der Waals surface area contributed by atoms with E-state index in [0.717, 1.165) is 5.69 Å². The predicted octanol–water partition coefficient (Wildman–Crippen LogP) is 1.28. The van der Waals surface area contributed by atoms with Crippen LogP contribution in [-0.4, -0.2) is 34.6 Å². The van der Waals surface area contributed by atoms with E-state index in [1.807, 2.05) is 0 Å². The first-order valence-electron chi connectivity index (χ1n) is 6.00. The zero-order valence-corrected chi connectivity index (χ0v) is 10.5. The number of hydrogen-bond acceptors (Lipinski definition) is 5. The van der Waals surface area contributed by atoms with Gasteiger partial charge in [0, 0.05) is 25.1 Å². The quantitative estimate of drug-likeness (QED) is 0.830.